The average Bonchev–Trinajstić information content (AvgIpc) is 2.72. The van der Waals surface area contributed by atoms with Crippen LogP contribution in [0.25, 0.3) is 0 Å². The molecular formula is C12H20N2O6. The summed E-state index contributed by atoms with van der Waals surface area (Å²) in [6, 6.07) is -0.713. The van der Waals surface area contributed by atoms with E-state index in [1.807, 2.05) is 0 Å². The van der Waals surface area contributed by atoms with Crippen LogP contribution in [0.3, 0.4) is 0 Å². The molecule has 1 fully saturated rings. The Balaban J connectivity index is 2.66. The van der Waals surface area contributed by atoms with Gasteiger partial charge in [-0.15, -0.1) is 0 Å². The molecule has 0 aromatic carbocycles. The van der Waals surface area contributed by atoms with E-state index in [9.17, 15) is 19.5 Å². The molecule has 1 aliphatic rings. The van der Waals surface area contributed by atoms with E-state index in [2.05, 4.69) is 0 Å². The van der Waals surface area contributed by atoms with Crippen molar-refractivity contribution >= 4 is 18.0 Å². The van der Waals surface area contributed by atoms with Crippen LogP contribution in [-0.4, -0.2) is 75.4 Å². The molecule has 1 aliphatic carbocycles. The summed E-state index contributed by atoms with van der Waals surface area (Å²) in [5, 5.41) is 27.6. The fourth-order valence-corrected chi connectivity index (χ4v) is 2.46. The predicted molar refractivity (Wildman–Crippen MR) is 68.3 cm³/mol. The predicted octanol–water partition coefficient (Wildman–Crippen LogP) is -0.185. The Kier molecular flexibility index (Phi) is 5.32. The number of rotatable bonds is 6. The molecule has 1 rings (SSSR count). The summed E-state index contributed by atoms with van der Waals surface area (Å²) in [4.78, 5) is 35.3. The topological polar surface area (TPSA) is 118 Å². The molecular weight excluding hydrogens is 268 g/mol. The monoisotopic (exact) mass is 288 g/mol. The second-order valence-corrected chi connectivity index (χ2v) is 5.21. The quantitative estimate of drug-likeness (QED) is 0.623. The molecule has 8 heteroatoms. The Morgan fingerprint density at radius 1 is 1.05 bits per heavy atom. The van der Waals surface area contributed by atoms with E-state index in [4.69, 9.17) is 10.2 Å². The number of urea groups is 1. The molecule has 0 spiro atoms. The van der Waals surface area contributed by atoms with Crippen LogP contribution in [0.2, 0.25) is 0 Å². The van der Waals surface area contributed by atoms with Crippen molar-refractivity contribution in [2.24, 2.45) is 0 Å². The Bertz CT molecular complexity index is 375. The normalized spacial score (nSPS) is 16.7. The van der Waals surface area contributed by atoms with Gasteiger partial charge in [0.15, 0.2) is 0 Å². The molecule has 0 saturated heterocycles. The van der Waals surface area contributed by atoms with Crippen LogP contribution in [0.1, 0.15) is 25.7 Å². The molecule has 0 unspecified atom stereocenters. The number of aliphatic hydroxyl groups is 1. The van der Waals surface area contributed by atoms with Crippen molar-refractivity contribution in [1.29, 1.82) is 0 Å². The van der Waals surface area contributed by atoms with Gasteiger partial charge in [-0.3, -0.25) is 9.59 Å². The summed E-state index contributed by atoms with van der Waals surface area (Å²) in [6.07, 6.45) is 2.93. The van der Waals surface area contributed by atoms with Gasteiger partial charge in [0.05, 0.1) is 12.1 Å². The number of carbonyl (C=O) groups excluding carboxylic acids is 1. The molecule has 0 aromatic rings. The lowest BCUT2D eigenvalue weighted by atomic mass is 10.0. The number of nitrogens with zero attached hydrogens (tertiary/aromatic N) is 2. The van der Waals surface area contributed by atoms with Gasteiger partial charge >= 0.3 is 18.0 Å². The summed E-state index contributed by atoms with van der Waals surface area (Å²) < 4.78 is 0. The first-order valence-corrected chi connectivity index (χ1v) is 6.39. The summed E-state index contributed by atoms with van der Waals surface area (Å²) in [7, 11) is 1.43. The number of carboxylic acids is 2. The van der Waals surface area contributed by atoms with Crippen molar-refractivity contribution in [2.45, 2.75) is 31.3 Å². The number of hydrogen-bond donors (Lipinski definition) is 3. The molecule has 0 atom stereocenters. The summed E-state index contributed by atoms with van der Waals surface area (Å²) in [5.41, 5.74) is -0.956. The van der Waals surface area contributed by atoms with E-state index in [-0.39, 0.29) is 6.54 Å². The summed E-state index contributed by atoms with van der Waals surface area (Å²) in [5.74, 6) is -2.57. The Labute approximate surface area is 116 Å². The molecule has 0 heterocycles. The smallest absolute Gasteiger partial charge is 0.323 e. The second-order valence-electron chi connectivity index (χ2n) is 5.21. The minimum atomic E-state index is -1.28. The molecule has 0 radical (unpaired) electrons. The average molecular weight is 288 g/mol. The standard InChI is InChI=1S/C12H20N2O6/c1-13(8-12(20)4-2-3-5-12)11(19)14(6-9(15)16)7-10(17)18/h20H,2-8H2,1H3,(H,15,16)(H,17,18). The van der Waals surface area contributed by atoms with Crippen LogP contribution in [0.15, 0.2) is 0 Å². The molecule has 8 nitrogen and oxygen atoms in total. The highest BCUT2D eigenvalue weighted by Gasteiger charge is 2.34. The van der Waals surface area contributed by atoms with Crippen LogP contribution in [-0.2, 0) is 9.59 Å². The number of likely N-dealkylation sites (N-methyl/N-ethyl adjacent to an activating group) is 1. The lowest BCUT2D eigenvalue weighted by Crippen LogP contribution is -2.50. The van der Waals surface area contributed by atoms with E-state index in [0.717, 1.165) is 17.7 Å². The van der Waals surface area contributed by atoms with Gasteiger partial charge in [-0.05, 0) is 12.8 Å². The first-order chi connectivity index (χ1) is 9.23. The van der Waals surface area contributed by atoms with Gasteiger partial charge < -0.3 is 25.1 Å². The third-order valence-electron chi connectivity index (χ3n) is 3.32. The lowest BCUT2D eigenvalue weighted by molar-refractivity contribution is -0.140. The van der Waals surface area contributed by atoms with Crippen molar-refractivity contribution < 1.29 is 29.7 Å². The zero-order valence-electron chi connectivity index (χ0n) is 11.4. The van der Waals surface area contributed by atoms with Gasteiger partial charge in [0.25, 0.3) is 0 Å². The van der Waals surface area contributed by atoms with Crippen LogP contribution in [0.5, 0.6) is 0 Å². The molecule has 20 heavy (non-hydrogen) atoms. The Morgan fingerprint density at radius 2 is 1.50 bits per heavy atom. The van der Waals surface area contributed by atoms with Gasteiger partial charge in [0, 0.05) is 7.05 Å². The zero-order chi connectivity index (χ0) is 15.3. The van der Waals surface area contributed by atoms with E-state index in [0.29, 0.717) is 12.8 Å². The maximum Gasteiger partial charge on any atom is 0.323 e. The van der Waals surface area contributed by atoms with Crippen molar-refractivity contribution in [1.82, 2.24) is 9.80 Å². The highest BCUT2D eigenvalue weighted by Crippen LogP contribution is 2.30. The molecule has 0 aromatic heterocycles. The maximum absolute atomic E-state index is 12.1. The minimum absolute atomic E-state index is 0.0710. The Hall–Kier alpha value is -1.83. The van der Waals surface area contributed by atoms with Gasteiger partial charge in [0.1, 0.15) is 13.1 Å². The van der Waals surface area contributed by atoms with Gasteiger partial charge in [-0.25, -0.2) is 4.79 Å². The number of hydrogen-bond acceptors (Lipinski definition) is 4. The van der Waals surface area contributed by atoms with Gasteiger partial charge in [-0.2, -0.15) is 0 Å². The van der Waals surface area contributed by atoms with E-state index < -0.39 is 36.7 Å². The van der Waals surface area contributed by atoms with Crippen LogP contribution >= 0.6 is 0 Å². The van der Waals surface area contributed by atoms with Crippen molar-refractivity contribution in [3.63, 3.8) is 0 Å². The van der Waals surface area contributed by atoms with E-state index in [1.54, 1.807) is 0 Å². The maximum atomic E-state index is 12.1. The fourth-order valence-electron chi connectivity index (χ4n) is 2.46. The number of carboxylic acid groups (broad SMARTS) is 2. The summed E-state index contributed by atoms with van der Waals surface area (Å²) in [6.45, 7) is -1.30. The highest BCUT2D eigenvalue weighted by atomic mass is 16.4. The first kappa shape index (κ1) is 16.2. The minimum Gasteiger partial charge on any atom is -0.480 e. The molecule has 1 saturated carbocycles. The number of aliphatic carboxylic acids is 2. The number of carbonyl (C=O) groups is 3. The van der Waals surface area contributed by atoms with Crippen LogP contribution < -0.4 is 0 Å². The van der Waals surface area contributed by atoms with E-state index >= 15 is 0 Å². The van der Waals surface area contributed by atoms with Gasteiger partial charge in [0.2, 0.25) is 0 Å². The third kappa shape index (κ3) is 4.69. The molecule has 2 amide bonds. The lowest BCUT2D eigenvalue weighted by Gasteiger charge is -2.31. The van der Waals surface area contributed by atoms with Crippen molar-refractivity contribution in [3.05, 3.63) is 0 Å². The fraction of sp³-hybridized carbons (Fsp3) is 0.750. The SMILES string of the molecule is CN(CC1(O)CCCC1)C(=O)N(CC(=O)O)CC(=O)O. The molecule has 0 bridgehead atoms. The Morgan fingerprint density at radius 3 is 1.90 bits per heavy atom. The molecule has 3 N–H and O–H groups in total. The van der Waals surface area contributed by atoms with E-state index in [1.165, 1.54) is 11.9 Å². The first-order valence-electron chi connectivity index (χ1n) is 6.39. The van der Waals surface area contributed by atoms with Crippen molar-refractivity contribution in [3.8, 4) is 0 Å². The molecule has 0 aliphatic heterocycles. The largest absolute Gasteiger partial charge is 0.480 e. The van der Waals surface area contributed by atoms with Gasteiger partial charge in [-0.1, -0.05) is 12.8 Å². The zero-order valence-corrected chi connectivity index (χ0v) is 11.4. The van der Waals surface area contributed by atoms with Crippen LogP contribution in [0.4, 0.5) is 4.79 Å². The third-order valence-corrected chi connectivity index (χ3v) is 3.32. The number of amides is 2. The molecule has 114 valence electrons. The van der Waals surface area contributed by atoms with Crippen molar-refractivity contribution in [2.75, 3.05) is 26.7 Å². The summed E-state index contributed by atoms with van der Waals surface area (Å²) >= 11 is 0. The highest BCUT2D eigenvalue weighted by molar-refractivity contribution is 5.84. The van der Waals surface area contributed by atoms with Crippen LogP contribution in [0, 0.1) is 0 Å². The second kappa shape index (κ2) is 6.56.